The maximum Gasteiger partial charge on any atom is 0.259 e. The first-order valence-corrected chi connectivity index (χ1v) is 12.0. The monoisotopic (exact) mass is 462 g/mol. The Morgan fingerprint density at radius 2 is 1.91 bits per heavy atom. The van der Waals surface area contributed by atoms with Crippen molar-refractivity contribution >= 4 is 22.6 Å². The molecule has 1 aliphatic heterocycles. The molecule has 5 rings (SSSR count). The van der Waals surface area contributed by atoms with E-state index in [-0.39, 0.29) is 17.1 Å². The molecule has 1 amide bonds. The van der Waals surface area contributed by atoms with Crippen LogP contribution < -0.4 is 10.1 Å². The predicted molar refractivity (Wildman–Crippen MR) is 133 cm³/mol. The molecule has 2 fully saturated rings. The average molecular weight is 463 g/mol. The van der Waals surface area contributed by atoms with Crippen molar-refractivity contribution < 1.29 is 19.1 Å². The van der Waals surface area contributed by atoms with Crippen LogP contribution in [0.25, 0.3) is 11.0 Å². The van der Waals surface area contributed by atoms with Crippen LogP contribution in [0.15, 0.2) is 40.8 Å². The Balaban J connectivity index is 1.49. The summed E-state index contributed by atoms with van der Waals surface area (Å²) in [6.07, 6.45) is 3.54. The first kappa shape index (κ1) is 22.8. The van der Waals surface area contributed by atoms with Gasteiger partial charge in [-0.3, -0.25) is 9.69 Å². The molecular formula is C28H34N2O4. The van der Waals surface area contributed by atoms with E-state index in [4.69, 9.17) is 9.15 Å². The molecule has 180 valence electrons. The number of ether oxygens (including phenoxy) is 1. The Morgan fingerprint density at radius 1 is 1.18 bits per heavy atom. The molecule has 1 saturated heterocycles. The van der Waals surface area contributed by atoms with Gasteiger partial charge in [-0.05, 0) is 73.4 Å². The van der Waals surface area contributed by atoms with Crippen molar-refractivity contribution in [3.63, 3.8) is 0 Å². The molecule has 2 N–H and O–H groups in total. The summed E-state index contributed by atoms with van der Waals surface area (Å²) < 4.78 is 11.2. The van der Waals surface area contributed by atoms with Crippen LogP contribution in [0.4, 0.5) is 5.69 Å². The normalized spacial score (nSPS) is 23.9. The minimum Gasteiger partial charge on any atom is -0.508 e. The zero-order valence-corrected chi connectivity index (χ0v) is 20.7. The Bertz CT molecular complexity index is 1240. The average Bonchev–Trinajstić information content (AvgIpc) is 3.22. The summed E-state index contributed by atoms with van der Waals surface area (Å²) in [6.45, 7) is 10.5. The molecule has 2 atom stereocenters. The van der Waals surface area contributed by atoms with Crippen LogP contribution in [0.1, 0.15) is 61.7 Å². The highest BCUT2D eigenvalue weighted by Gasteiger charge is 2.49. The van der Waals surface area contributed by atoms with Gasteiger partial charge in [0.15, 0.2) is 0 Å². The number of nitrogens with one attached hydrogen (secondary N) is 1. The van der Waals surface area contributed by atoms with Crippen LogP contribution in [-0.2, 0) is 6.54 Å². The third kappa shape index (κ3) is 4.05. The van der Waals surface area contributed by atoms with E-state index >= 15 is 0 Å². The highest BCUT2D eigenvalue weighted by molar-refractivity contribution is 6.14. The maximum atomic E-state index is 13.4. The minimum absolute atomic E-state index is 0.206. The lowest BCUT2D eigenvalue weighted by atomic mass is 9.65. The van der Waals surface area contributed by atoms with Gasteiger partial charge in [0, 0.05) is 35.8 Å². The first-order valence-electron chi connectivity index (χ1n) is 12.0. The van der Waals surface area contributed by atoms with E-state index in [1.807, 2.05) is 0 Å². The topological polar surface area (TPSA) is 74.9 Å². The van der Waals surface area contributed by atoms with Crippen molar-refractivity contribution in [1.29, 1.82) is 0 Å². The van der Waals surface area contributed by atoms with Gasteiger partial charge in [-0.25, -0.2) is 0 Å². The van der Waals surface area contributed by atoms with E-state index < -0.39 is 0 Å². The number of likely N-dealkylation sites (tertiary alicyclic amines) is 1. The summed E-state index contributed by atoms with van der Waals surface area (Å²) in [5, 5.41) is 14.6. The van der Waals surface area contributed by atoms with E-state index in [1.165, 1.54) is 12.8 Å². The lowest BCUT2D eigenvalue weighted by molar-refractivity contribution is 0.102. The summed E-state index contributed by atoms with van der Waals surface area (Å²) in [6, 6.07) is 11.1. The molecule has 0 spiro atoms. The lowest BCUT2D eigenvalue weighted by Gasteiger charge is -2.40. The molecule has 0 unspecified atom stereocenters. The van der Waals surface area contributed by atoms with Crippen molar-refractivity contribution in [3.8, 4) is 11.5 Å². The second-order valence-corrected chi connectivity index (χ2v) is 11.3. The molecule has 6 nitrogen and oxygen atoms in total. The number of anilines is 1. The number of benzene rings is 2. The van der Waals surface area contributed by atoms with Crippen molar-refractivity contribution in [2.24, 2.45) is 10.8 Å². The van der Waals surface area contributed by atoms with E-state index in [0.29, 0.717) is 46.0 Å². The van der Waals surface area contributed by atoms with Crippen LogP contribution in [0.2, 0.25) is 0 Å². The molecule has 2 bridgehead atoms. The summed E-state index contributed by atoms with van der Waals surface area (Å²) >= 11 is 0. The number of carbonyl (C=O) groups is 1. The molecule has 2 aliphatic rings. The molecule has 34 heavy (non-hydrogen) atoms. The SMILES string of the molecule is COc1ccc(NC(=O)c2c(C)oc3ccc(O)c(CN4C[C@@]5(C)C[C@H]4CC(C)(C)C5)c23)cc1. The van der Waals surface area contributed by atoms with Crippen molar-refractivity contribution in [2.45, 2.75) is 59.5 Å². The largest absolute Gasteiger partial charge is 0.508 e. The number of rotatable bonds is 5. The van der Waals surface area contributed by atoms with Gasteiger partial charge >= 0.3 is 0 Å². The Labute approximate surface area is 200 Å². The number of aryl methyl sites for hydroxylation is 1. The molecule has 6 heteroatoms. The van der Waals surface area contributed by atoms with Gasteiger partial charge < -0.3 is 19.6 Å². The molecule has 1 aromatic heterocycles. The molecule has 0 radical (unpaired) electrons. The van der Waals surface area contributed by atoms with Crippen LogP contribution in [0.5, 0.6) is 11.5 Å². The van der Waals surface area contributed by atoms with Gasteiger partial charge in [0.25, 0.3) is 5.91 Å². The van der Waals surface area contributed by atoms with Gasteiger partial charge in [0.05, 0.1) is 12.7 Å². The fourth-order valence-corrected chi connectivity index (χ4v) is 6.63. The quantitative estimate of drug-likeness (QED) is 0.479. The fraction of sp³-hybridized carbons (Fsp3) is 0.464. The van der Waals surface area contributed by atoms with Gasteiger partial charge in [0.2, 0.25) is 0 Å². The molecular weight excluding hydrogens is 428 g/mol. The van der Waals surface area contributed by atoms with Crippen LogP contribution >= 0.6 is 0 Å². The van der Waals surface area contributed by atoms with Crippen LogP contribution in [0.3, 0.4) is 0 Å². The first-order chi connectivity index (χ1) is 16.1. The lowest BCUT2D eigenvalue weighted by Crippen LogP contribution is -2.34. The summed E-state index contributed by atoms with van der Waals surface area (Å²) in [5.74, 6) is 1.23. The highest BCUT2D eigenvalue weighted by atomic mass is 16.5. The zero-order valence-electron chi connectivity index (χ0n) is 20.7. The second kappa shape index (κ2) is 8.05. The van der Waals surface area contributed by atoms with Gasteiger partial charge in [0.1, 0.15) is 22.8 Å². The third-order valence-electron chi connectivity index (χ3n) is 7.57. The van der Waals surface area contributed by atoms with Crippen LogP contribution in [-0.4, -0.2) is 35.6 Å². The van der Waals surface area contributed by atoms with Crippen LogP contribution in [0, 0.1) is 17.8 Å². The number of hydrogen-bond acceptors (Lipinski definition) is 5. The number of aromatic hydroxyl groups is 1. The number of hydrogen-bond donors (Lipinski definition) is 2. The zero-order chi connectivity index (χ0) is 24.3. The van der Waals surface area contributed by atoms with Crippen molar-refractivity contribution in [2.75, 3.05) is 19.0 Å². The molecule has 1 aliphatic carbocycles. The molecule has 2 aromatic carbocycles. The Kier molecular flexibility index (Phi) is 5.40. The number of furan rings is 1. The Hall–Kier alpha value is -2.99. The number of methoxy groups -OCH3 is 1. The second-order valence-electron chi connectivity index (χ2n) is 11.3. The fourth-order valence-electron chi connectivity index (χ4n) is 6.63. The third-order valence-corrected chi connectivity index (χ3v) is 7.57. The summed E-state index contributed by atoms with van der Waals surface area (Å²) in [7, 11) is 1.61. The Morgan fingerprint density at radius 3 is 2.62 bits per heavy atom. The molecule has 3 aromatic rings. The minimum atomic E-state index is -0.249. The molecule has 2 heterocycles. The summed E-state index contributed by atoms with van der Waals surface area (Å²) in [4.78, 5) is 15.9. The number of phenolic OH excluding ortho intramolecular Hbond substituents is 1. The number of fused-ring (bicyclic) bond motifs is 3. The van der Waals surface area contributed by atoms with E-state index in [1.54, 1.807) is 50.4 Å². The van der Waals surface area contributed by atoms with Crippen molar-refractivity contribution in [1.82, 2.24) is 4.90 Å². The predicted octanol–water partition coefficient (Wildman–Crippen LogP) is 6.11. The number of nitrogens with zero attached hydrogens (tertiary/aromatic N) is 1. The van der Waals surface area contributed by atoms with E-state index in [9.17, 15) is 9.90 Å². The van der Waals surface area contributed by atoms with Crippen molar-refractivity contribution in [3.05, 3.63) is 53.3 Å². The van der Waals surface area contributed by atoms with Gasteiger partial charge in [-0.1, -0.05) is 20.8 Å². The maximum absolute atomic E-state index is 13.4. The summed E-state index contributed by atoms with van der Waals surface area (Å²) in [5.41, 5.74) is 3.14. The van der Waals surface area contributed by atoms with E-state index in [0.717, 1.165) is 24.3 Å². The number of amides is 1. The van der Waals surface area contributed by atoms with Gasteiger partial charge in [-0.15, -0.1) is 0 Å². The smallest absolute Gasteiger partial charge is 0.259 e. The van der Waals surface area contributed by atoms with E-state index in [2.05, 4.69) is 31.0 Å². The number of phenols is 1. The number of carbonyl (C=O) groups excluding carboxylic acids is 1. The highest BCUT2D eigenvalue weighted by Crippen LogP contribution is 2.53. The van der Waals surface area contributed by atoms with Gasteiger partial charge in [-0.2, -0.15) is 0 Å². The molecule has 1 saturated carbocycles. The standard InChI is InChI=1S/C28H34N2O4/c1-17-24(26(32)29-18-6-8-20(33-5)9-7-18)25-21(22(31)10-11-23(25)34-17)14-30-16-28(4)13-19(30)12-27(2,3)15-28/h6-11,19,31H,12-16H2,1-5H3,(H,29,32)/t19-,28+/m1/s1.